The quantitative estimate of drug-likeness (QED) is 0.282. The first kappa shape index (κ1) is 22.6. The molecular weight excluding hydrogens is 400 g/mol. The molecule has 0 N–H and O–H groups in total. The van der Waals surface area contributed by atoms with E-state index in [1.54, 1.807) is 12.1 Å². The maximum absolute atomic E-state index is 14.7. The zero-order valence-electron chi connectivity index (χ0n) is 17.7. The number of hydrogen-bond acceptors (Lipinski definition) is 0. The highest BCUT2D eigenvalue weighted by Crippen LogP contribution is 2.27. The molecule has 0 saturated carbocycles. The first-order valence-electron chi connectivity index (χ1n) is 10.5. The third-order valence-corrected chi connectivity index (χ3v) is 5.18. The van der Waals surface area contributed by atoms with Crippen LogP contribution in [-0.4, -0.2) is 0 Å². The number of unbranched alkanes of at least 4 members (excludes halogenated alkanes) is 1. The van der Waals surface area contributed by atoms with E-state index in [1.807, 2.05) is 19.1 Å². The monoisotopic (exact) mass is 424 g/mol. The minimum Gasteiger partial charge on any atom is -0.203 e. The number of benzene rings is 3. The molecule has 3 aromatic carbocycles. The molecule has 0 bridgehead atoms. The van der Waals surface area contributed by atoms with E-state index in [-0.39, 0.29) is 22.3 Å². The summed E-state index contributed by atoms with van der Waals surface area (Å²) in [6.07, 6.45) is 3.98. The van der Waals surface area contributed by atoms with Crippen molar-refractivity contribution in [1.29, 1.82) is 0 Å². The smallest absolute Gasteiger partial charge is 0.175 e. The van der Waals surface area contributed by atoms with Crippen molar-refractivity contribution in [2.45, 2.75) is 46.0 Å². The topological polar surface area (TPSA) is 0 Å². The first-order chi connectivity index (χ1) is 15.0. The number of rotatable bonds is 6. The van der Waals surface area contributed by atoms with Gasteiger partial charge in [0, 0.05) is 5.56 Å². The van der Waals surface area contributed by atoms with Gasteiger partial charge in [0.1, 0.15) is 0 Å². The predicted molar refractivity (Wildman–Crippen MR) is 117 cm³/mol. The highest BCUT2D eigenvalue weighted by molar-refractivity contribution is 5.66. The van der Waals surface area contributed by atoms with Crippen molar-refractivity contribution >= 4 is 0 Å². The molecule has 0 spiro atoms. The fourth-order valence-electron chi connectivity index (χ4n) is 3.39. The van der Waals surface area contributed by atoms with Crippen LogP contribution in [0.15, 0.2) is 48.5 Å². The maximum Gasteiger partial charge on any atom is 0.175 e. The summed E-state index contributed by atoms with van der Waals surface area (Å²) in [5.74, 6) is 0.738. The van der Waals surface area contributed by atoms with Crippen LogP contribution in [0, 0.1) is 35.1 Å². The van der Waals surface area contributed by atoms with Crippen LogP contribution >= 0.6 is 0 Å². The molecule has 0 amide bonds. The van der Waals surface area contributed by atoms with Crippen molar-refractivity contribution in [2.24, 2.45) is 0 Å². The summed E-state index contributed by atoms with van der Waals surface area (Å²) in [4.78, 5) is 0. The lowest BCUT2D eigenvalue weighted by molar-refractivity contribution is 0.495. The van der Waals surface area contributed by atoms with Gasteiger partial charge in [0.25, 0.3) is 0 Å². The van der Waals surface area contributed by atoms with Gasteiger partial charge in [0.05, 0.1) is 11.1 Å². The molecule has 0 heterocycles. The first-order valence-corrected chi connectivity index (χ1v) is 10.5. The fourth-order valence-corrected chi connectivity index (χ4v) is 3.39. The molecule has 0 radical (unpaired) electrons. The zero-order chi connectivity index (χ0) is 22.4. The Hall–Kier alpha value is -3.06. The second kappa shape index (κ2) is 10.3. The summed E-state index contributed by atoms with van der Waals surface area (Å²) in [6.45, 7) is 4.04. The van der Waals surface area contributed by atoms with Crippen LogP contribution in [0.2, 0.25) is 0 Å². The average molecular weight is 424 g/mol. The molecule has 0 aliphatic rings. The third kappa shape index (κ3) is 5.17. The van der Waals surface area contributed by atoms with Gasteiger partial charge in [0.15, 0.2) is 23.3 Å². The molecule has 3 aromatic rings. The summed E-state index contributed by atoms with van der Waals surface area (Å²) in [7, 11) is 0. The van der Waals surface area contributed by atoms with Crippen molar-refractivity contribution in [3.05, 3.63) is 94.1 Å². The Morgan fingerprint density at radius 2 is 1.23 bits per heavy atom. The minimum atomic E-state index is -1.11. The van der Waals surface area contributed by atoms with Gasteiger partial charge in [-0.3, -0.25) is 0 Å². The second-order valence-electron chi connectivity index (χ2n) is 7.49. The van der Waals surface area contributed by atoms with Gasteiger partial charge in [-0.1, -0.05) is 68.9 Å². The van der Waals surface area contributed by atoms with Crippen LogP contribution in [0.1, 0.15) is 55.4 Å². The van der Waals surface area contributed by atoms with E-state index in [9.17, 15) is 17.6 Å². The van der Waals surface area contributed by atoms with E-state index in [0.717, 1.165) is 31.2 Å². The van der Waals surface area contributed by atoms with Crippen molar-refractivity contribution in [2.75, 3.05) is 0 Å². The van der Waals surface area contributed by atoms with Crippen molar-refractivity contribution in [1.82, 2.24) is 0 Å². The molecule has 160 valence electrons. The van der Waals surface area contributed by atoms with E-state index < -0.39 is 23.3 Å². The minimum absolute atomic E-state index is 0.128. The molecule has 0 fully saturated rings. The molecule has 4 heteroatoms. The van der Waals surface area contributed by atoms with Gasteiger partial charge in [-0.25, -0.2) is 17.6 Å². The molecule has 0 nitrogen and oxygen atoms in total. The molecule has 0 aliphatic heterocycles. The molecular formula is C27H24F4. The van der Waals surface area contributed by atoms with Crippen LogP contribution in [0.3, 0.4) is 0 Å². The Balaban J connectivity index is 1.88. The largest absolute Gasteiger partial charge is 0.203 e. The van der Waals surface area contributed by atoms with Crippen molar-refractivity contribution in [3.63, 3.8) is 0 Å². The Bertz CT molecular complexity index is 1120. The van der Waals surface area contributed by atoms with E-state index in [1.165, 1.54) is 24.3 Å². The second-order valence-corrected chi connectivity index (χ2v) is 7.49. The van der Waals surface area contributed by atoms with Gasteiger partial charge in [0.2, 0.25) is 0 Å². The van der Waals surface area contributed by atoms with Gasteiger partial charge in [-0.2, -0.15) is 0 Å². The van der Waals surface area contributed by atoms with Crippen LogP contribution in [0.4, 0.5) is 17.6 Å². The number of aryl methyl sites for hydroxylation is 2. The number of hydrogen-bond donors (Lipinski definition) is 0. The molecule has 0 aliphatic carbocycles. The Morgan fingerprint density at radius 3 is 1.84 bits per heavy atom. The summed E-state index contributed by atoms with van der Waals surface area (Å²) in [5, 5.41) is 0. The SMILES string of the molecule is CCCCc1ccc(C#Cc2ccc(-c3ccc(CCC)cc3)c(F)c2F)c(F)c1F. The van der Waals surface area contributed by atoms with Crippen LogP contribution in [0.25, 0.3) is 11.1 Å². The summed E-state index contributed by atoms with van der Waals surface area (Å²) in [6, 6.07) is 13.0. The summed E-state index contributed by atoms with van der Waals surface area (Å²) < 4.78 is 57.7. The maximum atomic E-state index is 14.7. The van der Waals surface area contributed by atoms with Gasteiger partial charge in [-0.05, 0) is 54.2 Å². The van der Waals surface area contributed by atoms with Crippen molar-refractivity contribution in [3.8, 4) is 23.0 Å². The fraction of sp³-hybridized carbons (Fsp3) is 0.259. The Labute approximate surface area is 180 Å². The lowest BCUT2D eigenvalue weighted by atomic mass is 10.00. The van der Waals surface area contributed by atoms with Crippen LogP contribution in [-0.2, 0) is 12.8 Å². The van der Waals surface area contributed by atoms with E-state index in [4.69, 9.17) is 0 Å². The molecule has 0 unspecified atom stereocenters. The molecule has 0 saturated heterocycles. The third-order valence-electron chi connectivity index (χ3n) is 5.18. The molecule has 3 rings (SSSR count). The molecule has 0 atom stereocenters. The van der Waals surface area contributed by atoms with E-state index in [2.05, 4.69) is 18.8 Å². The normalized spacial score (nSPS) is 10.6. The van der Waals surface area contributed by atoms with Gasteiger partial charge >= 0.3 is 0 Å². The summed E-state index contributed by atoms with van der Waals surface area (Å²) >= 11 is 0. The van der Waals surface area contributed by atoms with Crippen molar-refractivity contribution < 1.29 is 17.6 Å². The Kier molecular flexibility index (Phi) is 7.52. The zero-order valence-corrected chi connectivity index (χ0v) is 17.7. The van der Waals surface area contributed by atoms with Crippen LogP contribution < -0.4 is 0 Å². The summed E-state index contributed by atoms with van der Waals surface area (Å²) in [5.41, 5.74) is 1.71. The lowest BCUT2D eigenvalue weighted by Crippen LogP contribution is -1.98. The highest BCUT2D eigenvalue weighted by Gasteiger charge is 2.15. The predicted octanol–water partition coefficient (Wildman–Crippen LogP) is 7.60. The van der Waals surface area contributed by atoms with Gasteiger partial charge < -0.3 is 0 Å². The molecule has 0 aromatic heterocycles. The molecule has 31 heavy (non-hydrogen) atoms. The van der Waals surface area contributed by atoms with Crippen LogP contribution in [0.5, 0.6) is 0 Å². The highest BCUT2D eigenvalue weighted by atomic mass is 19.2. The lowest BCUT2D eigenvalue weighted by Gasteiger charge is -2.07. The van der Waals surface area contributed by atoms with Gasteiger partial charge in [-0.15, -0.1) is 0 Å². The number of halogens is 4. The average Bonchev–Trinajstić information content (AvgIpc) is 2.78. The van der Waals surface area contributed by atoms with E-state index in [0.29, 0.717) is 12.0 Å². The van der Waals surface area contributed by atoms with E-state index >= 15 is 0 Å². The standard InChI is InChI=1S/C27H24F4/c1-3-5-7-20-12-13-21(25(29)24(20)28)14-15-22-16-17-23(27(31)26(22)30)19-10-8-18(6-4-2)9-11-19/h8-13,16-17H,3-7H2,1-2H3. The Morgan fingerprint density at radius 1 is 0.613 bits per heavy atom.